The van der Waals surface area contributed by atoms with Gasteiger partial charge in [-0.1, -0.05) is 39.7 Å². The molecule has 1 N–H and O–H groups in total. The fourth-order valence-corrected chi connectivity index (χ4v) is 2.57. The molecule has 0 spiro atoms. The lowest BCUT2D eigenvalue weighted by Crippen LogP contribution is -2.24. The number of hydrogen-bond donors (Lipinski definition) is 1. The highest BCUT2D eigenvalue weighted by Gasteiger charge is 2.25. The molecule has 19 heavy (non-hydrogen) atoms. The standard InChI is InChI=1S/C15H13BrClFO/c1-15(19,11-3-2-4-13(17)8-11)9-10-7-12(16)5-6-14(10)18/h2-8,19H,9H2,1H3. The second kappa shape index (κ2) is 5.61. The van der Waals surface area contributed by atoms with Crippen LogP contribution in [0.25, 0.3) is 0 Å². The first kappa shape index (κ1) is 14.5. The molecule has 0 aliphatic heterocycles. The lowest BCUT2D eigenvalue weighted by molar-refractivity contribution is 0.0567. The summed E-state index contributed by atoms with van der Waals surface area (Å²) >= 11 is 9.22. The third-order valence-corrected chi connectivity index (χ3v) is 3.72. The molecule has 0 aromatic heterocycles. The highest BCUT2D eigenvalue weighted by Crippen LogP contribution is 2.29. The van der Waals surface area contributed by atoms with Gasteiger partial charge in [0.05, 0.1) is 5.60 Å². The molecule has 0 amide bonds. The van der Waals surface area contributed by atoms with Crippen molar-refractivity contribution in [1.82, 2.24) is 0 Å². The maximum atomic E-state index is 13.7. The van der Waals surface area contributed by atoms with Crippen molar-refractivity contribution < 1.29 is 9.50 Å². The van der Waals surface area contributed by atoms with E-state index in [9.17, 15) is 9.50 Å². The zero-order valence-electron chi connectivity index (χ0n) is 10.3. The summed E-state index contributed by atoms with van der Waals surface area (Å²) in [7, 11) is 0. The molecule has 4 heteroatoms. The van der Waals surface area contributed by atoms with Gasteiger partial charge in [-0.3, -0.25) is 0 Å². The summed E-state index contributed by atoms with van der Waals surface area (Å²) in [6.07, 6.45) is 0.179. The fraction of sp³-hybridized carbons (Fsp3) is 0.200. The zero-order chi connectivity index (χ0) is 14.0. The van der Waals surface area contributed by atoms with E-state index in [1.165, 1.54) is 6.07 Å². The van der Waals surface area contributed by atoms with Crippen LogP contribution in [0.4, 0.5) is 4.39 Å². The molecule has 2 aromatic rings. The average Bonchev–Trinajstić information content (AvgIpc) is 2.33. The van der Waals surface area contributed by atoms with E-state index in [2.05, 4.69) is 15.9 Å². The molecule has 1 atom stereocenters. The summed E-state index contributed by atoms with van der Waals surface area (Å²) in [6, 6.07) is 11.7. The van der Waals surface area contributed by atoms with Crippen LogP contribution in [0.2, 0.25) is 5.02 Å². The third kappa shape index (κ3) is 3.56. The van der Waals surface area contributed by atoms with Crippen LogP contribution in [-0.2, 0) is 12.0 Å². The number of halogens is 3. The van der Waals surface area contributed by atoms with Gasteiger partial charge in [0.15, 0.2) is 0 Å². The molecule has 1 nitrogen and oxygen atoms in total. The zero-order valence-corrected chi connectivity index (χ0v) is 12.7. The number of hydrogen-bond acceptors (Lipinski definition) is 1. The van der Waals surface area contributed by atoms with Gasteiger partial charge in [0.25, 0.3) is 0 Å². The van der Waals surface area contributed by atoms with Gasteiger partial charge in [0.1, 0.15) is 5.82 Å². The molecule has 100 valence electrons. The van der Waals surface area contributed by atoms with E-state index in [0.717, 1.165) is 4.47 Å². The summed E-state index contributed by atoms with van der Waals surface area (Å²) < 4.78 is 14.5. The monoisotopic (exact) mass is 342 g/mol. The van der Waals surface area contributed by atoms with Gasteiger partial charge in [-0.2, -0.15) is 0 Å². The first-order valence-corrected chi connectivity index (χ1v) is 6.98. The molecule has 1 unspecified atom stereocenters. The molecule has 0 saturated carbocycles. The SMILES string of the molecule is CC(O)(Cc1cc(Br)ccc1F)c1cccc(Cl)c1. The predicted octanol–water partition coefficient (Wildman–Crippen LogP) is 4.69. The molecule has 0 saturated heterocycles. The van der Waals surface area contributed by atoms with Gasteiger partial charge >= 0.3 is 0 Å². The quantitative estimate of drug-likeness (QED) is 0.857. The topological polar surface area (TPSA) is 20.2 Å². The van der Waals surface area contributed by atoms with Crippen molar-refractivity contribution in [2.45, 2.75) is 18.9 Å². The number of benzene rings is 2. The molecule has 2 aromatic carbocycles. The molecule has 0 bridgehead atoms. The molecular formula is C15H13BrClFO. The van der Waals surface area contributed by atoms with Crippen LogP contribution in [0, 0.1) is 5.82 Å². The van der Waals surface area contributed by atoms with Gasteiger partial charge in [-0.25, -0.2) is 4.39 Å². The van der Waals surface area contributed by atoms with Gasteiger partial charge in [-0.15, -0.1) is 0 Å². The van der Waals surface area contributed by atoms with E-state index in [-0.39, 0.29) is 12.2 Å². The van der Waals surface area contributed by atoms with Crippen molar-refractivity contribution in [3.8, 4) is 0 Å². The van der Waals surface area contributed by atoms with Crippen molar-refractivity contribution in [2.24, 2.45) is 0 Å². The first-order chi connectivity index (χ1) is 8.88. The third-order valence-electron chi connectivity index (χ3n) is 2.99. The fourth-order valence-electron chi connectivity index (χ4n) is 1.98. The lowest BCUT2D eigenvalue weighted by Gasteiger charge is -2.24. The van der Waals surface area contributed by atoms with E-state index < -0.39 is 5.60 Å². The minimum absolute atomic E-state index is 0.179. The highest BCUT2D eigenvalue weighted by molar-refractivity contribution is 9.10. The molecule has 0 fully saturated rings. The Hall–Kier alpha value is -0.900. The second-order valence-corrected chi connectivity index (χ2v) is 6.05. The summed E-state index contributed by atoms with van der Waals surface area (Å²) in [5, 5.41) is 11.1. The summed E-state index contributed by atoms with van der Waals surface area (Å²) in [6.45, 7) is 1.65. The second-order valence-electron chi connectivity index (χ2n) is 4.70. The molecule has 2 rings (SSSR count). The van der Waals surface area contributed by atoms with Crippen molar-refractivity contribution >= 4 is 27.5 Å². The van der Waals surface area contributed by atoms with Gasteiger partial charge in [-0.05, 0) is 48.4 Å². The summed E-state index contributed by atoms with van der Waals surface area (Å²) in [5.74, 6) is -0.328. The average molecular weight is 344 g/mol. The van der Waals surface area contributed by atoms with Crippen LogP contribution in [0.5, 0.6) is 0 Å². The Morgan fingerprint density at radius 1 is 1.26 bits per heavy atom. The van der Waals surface area contributed by atoms with Crippen LogP contribution in [0.1, 0.15) is 18.1 Å². The minimum Gasteiger partial charge on any atom is -0.385 e. The summed E-state index contributed by atoms with van der Waals surface area (Å²) in [5.41, 5.74) is -0.0503. The van der Waals surface area contributed by atoms with Crippen molar-refractivity contribution in [1.29, 1.82) is 0 Å². The van der Waals surface area contributed by atoms with Gasteiger partial charge in [0.2, 0.25) is 0 Å². The van der Waals surface area contributed by atoms with Crippen LogP contribution >= 0.6 is 27.5 Å². The largest absolute Gasteiger partial charge is 0.385 e. The first-order valence-electron chi connectivity index (χ1n) is 5.81. The van der Waals surface area contributed by atoms with Crippen LogP contribution < -0.4 is 0 Å². The van der Waals surface area contributed by atoms with Gasteiger partial charge in [0, 0.05) is 15.9 Å². The maximum Gasteiger partial charge on any atom is 0.126 e. The maximum absolute atomic E-state index is 13.7. The van der Waals surface area contributed by atoms with Crippen molar-refractivity contribution in [2.75, 3.05) is 0 Å². The Bertz CT molecular complexity index is 598. The molecule has 0 aliphatic rings. The number of aliphatic hydroxyl groups is 1. The molecule has 0 aliphatic carbocycles. The smallest absolute Gasteiger partial charge is 0.126 e. The lowest BCUT2D eigenvalue weighted by atomic mass is 9.89. The predicted molar refractivity (Wildman–Crippen MR) is 78.8 cm³/mol. The Labute approximate surface area is 125 Å². The van der Waals surface area contributed by atoms with E-state index in [1.807, 2.05) is 0 Å². The summed E-state index contributed by atoms with van der Waals surface area (Å²) in [4.78, 5) is 0. The number of rotatable bonds is 3. The van der Waals surface area contributed by atoms with E-state index >= 15 is 0 Å². The molecular weight excluding hydrogens is 331 g/mol. The van der Waals surface area contributed by atoms with E-state index in [1.54, 1.807) is 43.3 Å². The van der Waals surface area contributed by atoms with E-state index in [4.69, 9.17) is 11.6 Å². The Morgan fingerprint density at radius 3 is 2.68 bits per heavy atom. The van der Waals surface area contributed by atoms with Crippen molar-refractivity contribution in [3.63, 3.8) is 0 Å². The minimum atomic E-state index is -1.17. The van der Waals surface area contributed by atoms with Crippen LogP contribution in [0.15, 0.2) is 46.9 Å². The Morgan fingerprint density at radius 2 is 2.00 bits per heavy atom. The van der Waals surface area contributed by atoms with E-state index in [0.29, 0.717) is 16.1 Å². The Kier molecular flexibility index (Phi) is 4.29. The van der Waals surface area contributed by atoms with Crippen LogP contribution in [-0.4, -0.2) is 5.11 Å². The highest BCUT2D eigenvalue weighted by atomic mass is 79.9. The van der Waals surface area contributed by atoms with Gasteiger partial charge < -0.3 is 5.11 Å². The Balaban J connectivity index is 2.33. The van der Waals surface area contributed by atoms with Crippen LogP contribution in [0.3, 0.4) is 0 Å². The molecule has 0 radical (unpaired) electrons. The van der Waals surface area contributed by atoms with Crippen molar-refractivity contribution in [3.05, 3.63) is 68.9 Å². The molecule has 0 heterocycles. The normalized spacial score (nSPS) is 14.2.